The van der Waals surface area contributed by atoms with Crippen LogP contribution < -0.4 is 5.73 Å². The second-order valence-corrected chi connectivity index (χ2v) is 4.17. The summed E-state index contributed by atoms with van der Waals surface area (Å²) in [7, 11) is 0. The van der Waals surface area contributed by atoms with Gasteiger partial charge in [-0.15, -0.1) is 0 Å². The van der Waals surface area contributed by atoms with E-state index >= 15 is 0 Å². The van der Waals surface area contributed by atoms with E-state index in [-0.39, 0.29) is 13.0 Å². The average molecular weight is 283 g/mol. The molecule has 7 heteroatoms. The van der Waals surface area contributed by atoms with Crippen molar-refractivity contribution >= 4 is 0 Å². The monoisotopic (exact) mass is 283 g/mol. The van der Waals surface area contributed by atoms with Crippen molar-refractivity contribution in [1.82, 2.24) is 0 Å². The van der Waals surface area contributed by atoms with Gasteiger partial charge in [-0.3, -0.25) is 0 Å². The average Bonchev–Trinajstić information content (AvgIpc) is 2.28. The Balaban J connectivity index is 2.34. The molecule has 0 aliphatic heterocycles. The van der Waals surface area contributed by atoms with E-state index in [4.69, 9.17) is 5.73 Å². The van der Waals surface area contributed by atoms with Crippen molar-refractivity contribution < 1.29 is 26.7 Å². The second kappa shape index (κ2) is 6.81. The van der Waals surface area contributed by atoms with Crippen LogP contribution >= 0.6 is 0 Å². The van der Waals surface area contributed by atoms with Gasteiger partial charge >= 0.3 is 12.3 Å². The molecule has 1 aromatic carbocycles. The maximum Gasteiger partial charge on any atom is 0.330 e. The normalized spacial score (nSPS) is 13.8. The molecule has 0 saturated heterocycles. The fourth-order valence-electron chi connectivity index (χ4n) is 1.43. The van der Waals surface area contributed by atoms with E-state index < -0.39 is 30.8 Å². The Bertz CT molecular complexity index is 399. The molecule has 2 N–H and O–H groups in total. The Kier molecular flexibility index (Phi) is 5.68. The molecule has 0 amide bonds. The number of rotatable bonds is 7. The van der Waals surface area contributed by atoms with E-state index in [0.717, 1.165) is 0 Å². The van der Waals surface area contributed by atoms with E-state index in [1.54, 1.807) is 6.07 Å². The molecule has 0 aromatic heterocycles. The molecule has 0 heterocycles. The minimum atomic E-state index is -4.18. The number of alkyl halides is 4. The lowest BCUT2D eigenvalue weighted by Crippen LogP contribution is -2.36. The summed E-state index contributed by atoms with van der Waals surface area (Å²) < 4.78 is 66.0. The number of halogens is 5. The first-order valence-electron chi connectivity index (χ1n) is 5.55. The van der Waals surface area contributed by atoms with Gasteiger partial charge in [-0.1, -0.05) is 12.1 Å². The highest BCUT2D eigenvalue weighted by Crippen LogP contribution is 2.22. The molecule has 0 bridgehead atoms. The molecule has 19 heavy (non-hydrogen) atoms. The number of hydrogen-bond acceptors (Lipinski definition) is 2. The summed E-state index contributed by atoms with van der Waals surface area (Å²) in [4.78, 5) is 0. The van der Waals surface area contributed by atoms with Gasteiger partial charge in [0.1, 0.15) is 12.4 Å². The molecular weight excluding hydrogens is 269 g/mol. The predicted molar refractivity (Wildman–Crippen MR) is 59.8 cm³/mol. The Hall–Kier alpha value is -1.21. The Labute approximate surface area is 107 Å². The van der Waals surface area contributed by atoms with Gasteiger partial charge in [-0.2, -0.15) is 8.78 Å². The summed E-state index contributed by atoms with van der Waals surface area (Å²) in [5, 5.41) is 0. The van der Waals surface area contributed by atoms with Crippen LogP contribution in [0.1, 0.15) is 5.56 Å². The van der Waals surface area contributed by atoms with Crippen LogP contribution in [0.5, 0.6) is 0 Å². The maximum absolute atomic E-state index is 12.9. The number of hydrogen-bond donors (Lipinski definition) is 1. The fourth-order valence-corrected chi connectivity index (χ4v) is 1.43. The summed E-state index contributed by atoms with van der Waals surface area (Å²) in [6, 6.07) is 4.96. The zero-order chi connectivity index (χ0) is 14.5. The van der Waals surface area contributed by atoms with Crippen LogP contribution in [0.4, 0.5) is 22.0 Å². The van der Waals surface area contributed by atoms with E-state index in [1.165, 1.54) is 18.2 Å². The van der Waals surface area contributed by atoms with Crippen LogP contribution in [0.25, 0.3) is 0 Å². The predicted octanol–water partition coefficient (Wildman–Crippen LogP) is 2.61. The molecule has 1 rings (SSSR count). The summed E-state index contributed by atoms with van der Waals surface area (Å²) in [6.45, 7) is -1.69. The van der Waals surface area contributed by atoms with Gasteiger partial charge in [0.05, 0.1) is 6.61 Å². The fraction of sp³-hybridized carbons (Fsp3) is 0.500. The highest BCUT2D eigenvalue weighted by molar-refractivity contribution is 5.17. The second-order valence-electron chi connectivity index (χ2n) is 4.17. The zero-order valence-corrected chi connectivity index (χ0v) is 9.96. The van der Waals surface area contributed by atoms with Crippen molar-refractivity contribution in [3.63, 3.8) is 0 Å². The molecule has 0 aliphatic carbocycles. The smallest absolute Gasteiger partial charge is 0.330 e. The van der Waals surface area contributed by atoms with Gasteiger partial charge in [0.25, 0.3) is 0 Å². The van der Waals surface area contributed by atoms with E-state index in [1.807, 2.05) is 0 Å². The Morgan fingerprint density at radius 1 is 1.26 bits per heavy atom. The van der Waals surface area contributed by atoms with Gasteiger partial charge in [-0.25, -0.2) is 13.2 Å². The topological polar surface area (TPSA) is 35.2 Å². The number of nitrogens with two attached hydrogens (primary N) is 1. The van der Waals surface area contributed by atoms with Gasteiger partial charge in [-0.05, 0) is 24.1 Å². The highest BCUT2D eigenvalue weighted by atomic mass is 19.3. The van der Waals surface area contributed by atoms with Gasteiger partial charge in [0.2, 0.25) is 0 Å². The maximum atomic E-state index is 12.9. The molecule has 0 fully saturated rings. The van der Waals surface area contributed by atoms with Crippen LogP contribution in [0.2, 0.25) is 0 Å². The van der Waals surface area contributed by atoms with Crippen LogP contribution in [0.3, 0.4) is 0 Å². The lowest BCUT2D eigenvalue weighted by atomic mass is 10.1. The van der Waals surface area contributed by atoms with Crippen LogP contribution in [-0.2, 0) is 11.2 Å². The minimum absolute atomic E-state index is 0.206. The summed E-state index contributed by atoms with van der Waals surface area (Å²) in [6.07, 6.45) is -3.56. The third kappa shape index (κ3) is 5.52. The van der Waals surface area contributed by atoms with E-state index in [0.29, 0.717) is 5.56 Å². The molecule has 0 radical (unpaired) electrons. The van der Waals surface area contributed by atoms with E-state index in [9.17, 15) is 22.0 Å². The van der Waals surface area contributed by atoms with Crippen LogP contribution in [0.15, 0.2) is 24.3 Å². The van der Waals surface area contributed by atoms with E-state index in [2.05, 4.69) is 4.74 Å². The molecule has 0 aliphatic rings. The molecule has 1 atom stereocenters. The third-order valence-corrected chi connectivity index (χ3v) is 2.33. The van der Waals surface area contributed by atoms with Crippen molar-refractivity contribution in [3.05, 3.63) is 35.6 Å². The van der Waals surface area contributed by atoms with Gasteiger partial charge in [0.15, 0.2) is 0 Å². The number of benzene rings is 1. The third-order valence-electron chi connectivity index (χ3n) is 2.33. The first-order chi connectivity index (χ1) is 8.81. The molecule has 108 valence electrons. The van der Waals surface area contributed by atoms with Crippen molar-refractivity contribution in [2.75, 3.05) is 13.2 Å². The van der Waals surface area contributed by atoms with Gasteiger partial charge in [0, 0.05) is 6.04 Å². The molecular formula is C12H14F5NO. The lowest BCUT2D eigenvalue weighted by molar-refractivity contribution is -0.166. The zero-order valence-electron chi connectivity index (χ0n) is 9.96. The standard InChI is InChI=1S/C12H14F5NO/c13-9-3-1-2-8(4-9)5-10(18)6-19-7-12(16,17)11(14)15/h1-4,10-11H,5-7,18H2. The molecule has 1 unspecified atom stereocenters. The Morgan fingerprint density at radius 2 is 1.95 bits per heavy atom. The quantitative estimate of drug-likeness (QED) is 0.781. The van der Waals surface area contributed by atoms with Crippen LogP contribution in [-0.4, -0.2) is 31.6 Å². The molecule has 0 saturated carbocycles. The summed E-state index contributed by atoms with van der Waals surface area (Å²) >= 11 is 0. The SMILES string of the molecule is NC(COCC(F)(F)C(F)F)Cc1cccc(F)c1. The van der Waals surface area contributed by atoms with Crippen molar-refractivity contribution in [2.24, 2.45) is 5.73 Å². The first-order valence-corrected chi connectivity index (χ1v) is 5.55. The van der Waals surface area contributed by atoms with Crippen molar-refractivity contribution in [3.8, 4) is 0 Å². The summed E-state index contributed by atoms with van der Waals surface area (Å²) in [5.41, 5.74) is 6.16. The first kappa shape index (κ1) is 15.8. The molecule has 1 aromatic rings. The lowest BCUT2D eigenvalue weighted by Gasteiger charge is -2.17. The summed E-state index contributed by atoms with van der Waals surface area (Å²) in [5.74, 6) is -4.62. The highest BCUT2D eigenvalue weighted by Gasteiger charge is 2.40. The largest absolute Gasteiger partial charge is 0.373 e. The van der Waals surface area contributed by atoms with Crippen molar-refractivity contribution in [2.45, 2.75) is 24.8 Å². The van der Waals surface area contributed by atoms with Crippen LogP contribution in [0, 0.1) is 5.82 Å². The molecule has 2 nitrogen and oxygen atoms in total. The number of ether oxygens (including phenoxy) is 1. The Morgan fingerprint density at radius 3 is 2.53 bits per heavy atom. The minimum Gasteiger partial charge on any atom is -0.373 e. The van der Waals surface area contributed by atoms with Gasteiger partial charge < -0.3 is 10.5 Å². The van der Waals surface area contributed by atoms with Crippen molar-refractivity contribution in [1.29, 1.82) is 0 Å². The molecule has 0 spiro atoms.